The Hall–Kier alpha value is -2.62. The maximum atomic E-state index is 12.6. The first-order valence-electron chi connectivity index (χ1n) is 9.87. The lowest BCUT2D eigenvalue weighted by atomic mass is 10.0. The van der Waals surface area contributed by atoms with Gasteiger partial charge in [0.25, 0.3) is 0 Å². The molecular weight excluding hydrogens is 336 g/mol. The Kier molecular flexibility index (Phi) is 6.28. The zero-order valence-electron chi connectivity index (χ0n) is 16.1. The monoisotopic (exact) mass is 364 g/mol. The summed E-state index contributed by atoms with van der Waals surface area (Å²) in [5.74, 6) is -0.449. The Labute approximate surface area is 161 Å². The molecule has 1 fully saturated rings. The van der Waals surface area contributed by atoms with Crippen LogP contribution in [0.25, 0.3) is 0 Å². The Bertz CT molecular complexity index is 779. The SMILES string of the molecule is CCc1cccc(CC)c1NC(=O)C1CC1C(=O)NCCc1ccccc1. The Morgan fingerprint density at radius 3 is 2.15 bits per heavy atom. The van der Waals surface area contributed by atoms with Gasteiger partial charge < -0.3 is 10.6 Å². The van der Waals surface area contributed by atoms with E-state index in [1.54, 1.807) is 0 Å². The summed E-state index contributed by atoms with van der Waals surface area (Å²) in [6.07, 6.45) is 3.19. The van der Waals surface area contributed by atoms with E-state index in [2.05, 4.69) is 48.7 Å². The highest BCUT2D eigenvalue weighted by molar-refractivity contribution is 6.00. The number of anilines is 1. The van der Waals surface area contributed by atoms with Gasteiger partial charge in [0, 0.05) is 12.2 Å². The first kappa shape index (κ1) is 19.2. The fraction of sp³-hybridized carbons (Fsp3) is 0.391. The normalized spacial score (nSPS) is 18.0. The molecule has 0 aliphatic heterocycles. The summed E-state index contributed by atoms with van der Waals surface area (Å²) in [7, 11) is 0. The number of hydrogen-bond acceptors (Lipinski definition) is 2. The van der Waals surface area contributed by atoms with Crippen LogP contribution in [0.15, 0.2) is 48.5 Å². The van der Waals surface area contributed by atoms with E-state index in [0.29, 0.717) is 13.0 Å². The standard InChI is InChI=1S/C23H28N2O2/c1-3-17-11-8-12-18(4-2)21(17)25-23(27)20-15-19(20)22(26)24-14-13-16-9-6-5-7-10-16/h5-12,19-20H,3-4,13-15H2,1-2H3,(H,24,26)(H,25,27). The minimum Gasteiger partial charge on any atom is -0.356 e. The molecule has 2 N–H and O–H groups in total. The van der Waals surface area contributed by atoms with Gasteiger partial charge in [-0.05, 0) is 42.4 Å². The number of hydrogen-bond donors (Lipinski definition) is 2. The average Bonchev–Trinajstić information content (AvgIpc) is 3.50. The summed E-state index contributed by atoms with van der Waals surface area (Å²) in [6, 6.07) is 16.2. The van der Waals surface area contributed by atoms with Crippen molar-refractivity contribution in [3.8, 4) is 0 Å². The smallest absolute Gasteiger partial charge is 0.228 e. The van der Waals surface area contributed by atoms with E-state index < -0.39 is 0 Å². The molecule has 3 rings (SSSR count). The number of rotatable bonds is 8. The summed E-state index contributed by atoms with van der Waals surface area (Å²) in [5.41, 5.74) is 4.42. The van der Waals surface area contributed by atoms with Crippen LogP contribution in [0.3, 0.4) is 0 Å². The molecule has 4 heteroatoms. The van der Waals surface area contributed by atoms with Crippen molar-refractivity contribution in [3.63, 3.8) is 0 Å². The van der Waals surface area contributed by atoms with E-state index in [-0.39, 0.29) is 23.7 Å². The van der Waals surface area contributed by atoms with Crippen molar-refractivity contribution >= 4 is 17.5 Å². The molecule has 0 heterocycles. The van der Waals surface area contributed by atoms with Gasteiger partial charge in [-0.2, -0.15) is 0 Å². The second-order valence-corrected chi connectivity index (χ2v) is 7.12. The Balaban J connectivity index is 1.51. The zero-order chi connectivity index (χ0) is 19.2. The predicted octanol–water partition coefficient (Wildman–Crippen LogP) is 3.74. The Morgan fingerprint density at radius 1 is 0.889 bits per heavy atom. The van der Waals surface area contributed by atoms with Crippen molar-refractivity contribution in [2.24, 2.45) is 11.8 Å². The molecule has 0 radical (unpaired) electrons. The van der Waals surface area contributed by atoms with E-state index in [1.807, 2.05) is 24.3 Å². The van der Waals surface area contributed by atoms with E-state index in [1.165, 1.54) is 5.56 Å². The fourth-order valence-corrected chi connectivity index (χ4v) is 3.50. The molecule has 0 saturated heterocycles. The predicted molar refractivity (Wildman–Crippen MR) is 109 cm³/mol. The summed E-state index contributed by atoms with van der Waals surface area (Å²) in [5, 5.41) is 6.06. The molecule has 2 aromatic carbocycles. The topological polar surface area (TPSA) is 58.2 Å². The largest absolute Gasteiger partial charge is 0.356 e. The van der Waals surface area contributed by atoms with Gasteiger partial charge >= 0.3 is 0 Å². The number of amides is 2. The van der Waals surface area contributed by atoms with Crippen LogP contribution in [-0.2, 0) is 28.9 Å². The molecule has 2 amide bonds. The Morgan fingerprint density at radius 2 is 1.52 bits per heavy atom. The van der Waals surface area contributed by atoms with Crippen molar-refractivity contribution in [2.75, 3.05) is 11.9 Å². The summed E-state index contributed by atoms with van der Waals surface area (Å²) < 4.78 is 0. The van der Waals surface area contributed by atoms with Crippen LogP contribution < -0.4 is 10.6 Å². The van der Waals surface area contributed by atoms with Crippen LogP contribution in [0.4, 0.5) is 5.69 Å². The zero-order valence-corrected chi connectivity index (χ0v) is 16.1. The quantitative estimate of drug-likeness (QED) is 0.750. The highest BCUT2D eigenvalue weighted by Crippen LogP contribution is 2.40. The van der Waals surface area contributed by atoms with Crippen molar-refractivity contribution in [3.05, 3.63) is 65.2 Å². The highest BCUT2D eigenvalue weighted by Gasteiger charge is 2.48. The van der Waals surface area contributed by atoms with Gasteiger partial charge in [0.1, 0.15) is 0 Å². The van der Waals surface area contributed by atoms with Crippen LogP contribution in [0.5, 0.6) is 0 Å². The number of carbonyl (C=O) groups is 2. The van der Waals surface area contributed by atoms with Crippen molar-refractivity contribution in [2.45, 2.75) is 39.5 Å². The maximum Gasteiger partial charge on any atom is 0.228 e. The molecule has 2 unspecified atom stereocenters. The van der Waals surface area contributed by atoms with Gasteiger partial charge in [0.2, 0.25) is 11.8 Å². The molecule has 0 bridgehead atoms. The first-order valence-corrected chi connectivity index (χ1v) is 9.87. The van der Waals surface area contributed by atoms with Gasteiger partial charge in [-0.25, -0.2) is 0 Å². The molecule has 2 atom stereocenters. The summed E-state index contributed by atoms with van der Waals surface area (Å²) in [4.78, 5) is 24.9. The number of aryl methyl sites for hydroxylation is 2. The van der Waals surface area contributed by atoms with E-state index >= 15 is 0 Å². The number of para-hydroxylation sites is 1. The molecule has 1 saturated carbocycles. The number of nitrogens with one attached hydrogen (secondary N) is 2. The van der Waals surface area contributed by atoms with Crippen LogP contribution >= 0.6 is 0 Å². The minimum atomic E-state index is -0.212. The van der Waals surface area contributed by atoms with E-state index in [0.717, 1.165) is 36.1 Å². The van der Waals surface area contributed by atoms with Crippen molar-refractivity contribution < 1.29 is 9.59 Å². The van der Waals surface area contributed by atoms with Crippen LogP contribution in [0.1, 0.15) is 37.0 Å². The maximum absolute atomic E-state index is 12.6. The lowest BCUT2D eigenvalue weighted by Gasteiger charge is -2.14. The van der Waals surface area contributed by atoms with E-state index in [9.17, 15) is 9.59 Å². The van der Waals surface area contributed by atoms with Crippen LogP contribution in [0.2, 0.25) is 0 Å². The minimum absolute atomic E-state index is 0.00873. The summed E-state index contributed by atoms with van der Waals surface area (Å²) in [6.45, 7) is 4.78. The number of benzene rings is 2. The second-order valence-electron chi connectivity index (χ2n) is 7.12. The lowest BCUT2D eigenvalue weighted by Crippen LogP contribution is -2.29. The van der Waals surface area contributed by atoms with Gasteiger partial charge in [0.15, 0.2) is 0 Å². The molecule has 27 heavy (non-hydrogen) atoms. The van der Waals surface area contributed by atoms with Crippen LogP contribution in [-0.4, -0.2) is 18.4 Å². The average molecular weight is 364 g/mol. The summed E-state index contributed by atoms with van der Waals surface area (Å²) >= 11 is 0. The third-order valence-electron chi connectivity index (χ3n) is 5.27. The van der Waals surface area contributed by atoms with E-state index in [4.69, 9.17) is 0 Å². The molecular formula is C23H28N2O2. The van der Waals surface area contributed by atoms with Crippen molar-refractivity contribution in [1.82, 2.24) is 5.32 Å². The molecule has 2 aromatic rings. The van der Waals surface area contributed by atoms with Gasteiger partial charge in [-0.1, -0.05) is 62.4 Å². The highest BCUT2D eigenvalue weighted by atomic mass is 16.2. The fourth-order valence-electron chi connectivity index (χ4n) is 3.50. The third kappa shape index (κ3) is 4.76. The molecule has 0 spiro atoms. The molecule has 142 valence electrons. The van der Waals surface area contributed by atoms with Crippen LogP contribution in [0, 0.1) is 11.8 Å². The van der Waals surface area contributed by atoms with Crippen molar-refractivity contribution in [1.29, 1.82) is 0 Å². The lowest BCUT2D eigenvalue weighted by molar-refractivity contribution is -0.125. The molecule has 1 aliphatic rings. The molecule has 1 aliphatic carbocycles. The molecule has 0 aromatic heterocycles. The van der Waals surface area contributed by atoms with Gasteiger partial charge in [-0.15, -0.1) is 0 Å². The van der Waals surface area contributed by atoms with Gasteiger partial charge in [-0.3, -0.25) is 9.59 Å². The first-order chi connectivity index (χ1) is 13.1. The third-order valence-corrected chi connectivity index (χ3v) is 5.27. The molecule has 4 nitrogen and oxygen atoms in total. The second kappa shape index (κ2) is 8.85. The number of carbonyl (C=O) groups excluding carboxylic acids is 2. The van der Waals surface area contributed by atoms with Gasteiger partial charge in [0.05, 0.1) is 11.8 Å².